The van der Waals surface area contributed by atoms with Gasteiger partial charge >= 0.3 is 0 Å². The maximum Gasteiger partial charge on any atom is 0.243 e. The van der Waals surface area contributed by atoms with E-state index in [1.165, 1.54) is 12.8 Å². The molecule has 0 spiro atoms. The van der Waals surface area contributed by atoms with Crippen LogP contribution in [0.3, 0.4) is 0 Å². The highest BCUT2D eigenvalue weighted by Crippen LogP contribution is 2.23. The Labute approximate surface area is 98.9 Å². The lowest BCUT2D eigenvalue weighted by atomic mass is 9.87. The van der Waals surface area contributed by atoms with Gasteiger partial charge in [-0.2, -0.15) is 0 Å². The second-order valence-electron chi connectivity index (χ2n) is 5.13. The van der Waals surface area contributed by atoms with E-state index >= 15 is 0 Å². The number of nitrogens with one attached hydrogen (secondary N) is 1. The van der Waals surface area contributed by atoms with Gasteiger partial charge < -0.3 is 10.2 Å². The zero-order valence-corrected chi connectivity index (χ0v) is 10.7. The number of carbonyl (C=O) groups excluding carboxylic acids is 1. The van der Waals surface area contributed by atoms with E-state index in [0.29, 0.717) is 6.04 Å². The molecule has 0 saturated heterocycles. The van der Waals surface area contributed by atoms with Crippen LogP contribution in [-0.2, 0) is 4.79 Å². The van der Waals surface area contributed by atoms with Crippen molar-refractivity contribution in [2.24, 2.45) is 5.92 Å². The molecule has 1 aliphatic rings. The Bertz CT molecular complexity index is 240. The molecule has 1 amide bonds. The van der Waals surface area contributed by atoms with Crippen molar-refractivity contribution in [1.29, 1.82) is 0 Å². The average Bonchev–Trinajstić information content (AvgIpc) is 2.21. The second-order valence-corrected chi connectivity index (χ2v) is 5.13. The van der Waals surface area contributed by atoms with Gasteiger partial charge in [0.05, 0.1) is 0 Å². The molecule has 1 aliphatic carbocycles. The molecular weight excluding hydrogens is 200 g/mol. The molecule has 0 heterocycles. The number of hydrogen-bond acceptors (Lipinski definition) is 2. The number of rotatable bonds is 4. The standard InChI is InChI=1S/C13H24N2O/c1-11-6-8-12(9-7-11)14-13(16)5-4-10-15(2)3/h4-5,11-12H,6-10H2,1-3H3,(H,14,16)/b5-4+. The first kappa shape index (κ1) is 13.2. The number of likely N-dealkylation sites (N-methyl/N-ethyl adjacent to an activating group) is 1. The van der Waals surface area contributed by atoms with Gasteiger partial charge in [-0.15, -0.1) is 0 Å². The Morgan fingerprint density at radius 3 is 2.50 bits per heavy atom. The topological polar surface area (TPSA) is 32.3 Å². The summed E-state index contributed by atoms with van der Waals surface area (Å²) < 4.78 is 0. The van der Waals surface area contributed by atoms with Crippen LogP contribution in [0.15, 0.2) is 12.2 Å². The lowest BCUT2D eigenvalue weighted by molar-refractivity contribution is -0.117. The molecule has 0 bridgehead atoms. The van der Waals surface area contributed by atoms with E-state index in [1.807, 2.05) is 25.1 Å². The number of carbonyl (C=O) groups is 1. The van der Waals surface area contributed by atoms with Gasteiger partial charge in [-0.1, -0.05) is 13.0 Å². The van der Waals surface area contributed by atoms with Crippen LogP contribution in [0.5, 0.6) is 0 Å². The van der Waals surface area contributed by atoms with Crippen molar-refractivity contribution < 1.29 is 4.79 Å². The van der Waals surface area contributed by atoms with E-state index in [-0.39, 0.29) is 5.91 Å². The van der Waals surface area contributed by atoms with Crippen LogP contribution in [0.1, 0.15) is 32.6 Å². The lowest BCUT2D eigenvalue weighted by Crippen LogP contribution is -2.36. The van der Waals surface area contributed by atoms with E-state index < -0.39 is 0 Å². The number of amides is 1. The minimum absolute atomic E-state index is 0.0569. The molecule has 92 valence electrons. The summed E-state index contributed by atoms with van der Waals surface area (Å²) in [4.78, 5) is 13.6. The maximum atomic E-state index is 11.6. The zero-order valence-electron chi connectivity index (χ0n) is 10.7. The molecular formula is C13H24N2O. The van der Waals surface area contributed by atoms with Gasteiger partial charge in [0.1, 0.15) is 0 Å². The van der Waals surface area contributed by atoms with Crippen molar-refractivity contribution in [3.63, 3.8) is 0 Å². The molecule has 3 heteroatoms. The van der Waals surface area contributed by atoms with E-state index in [2.05, 4.69) is 12.2 Å². The van der Waals surface area contributed by atoms with E-state index in [0.717, 1.165) is 25.3 Å². The van der Waals surface area contributed by atoms with Crippen LogP contribution in [0, 0.1) is 5.92 Å². The quantitative estimate of drug-likeness (QED) is 0.739. The van der Waals surface area contributed by atoms with Crippen molar-refractivity contribution in [2.75, 3.05) is 20.6 Å². The van der Waals surface area contributed by atoms with Gasteiger partial charge in [0.25, 0.3) is 0 Å². The summed E-state index contributed by atoms with van der Waals surface area (Å²) in [5.74, 6) is 0.888. The Balaban J connectivity index is 2.21. The zero-order chi connectivity index (χ0) is 12.0. The fourth-order valence-corrected chi connectivity index (χ4v) is 2.02. The lowest BCUT2D eigenvalue weighted by Gasteiger charge is -2.26. The number of hydrogen-bond donors (Lipinski definition) is 1. The summed E-state index contributed by atoms with van der Waals surface area (Å²) in [6.45, 7) is 3.10. The van der Waals surface area contributed by atoms with Crippen LogP contribution in [0.4, 0.5) is 0 Å². The summed E-state index contributed by atoms with van der Waals surface area (Å²) in [5.41, 5.74) is 0. The monoisotopic (exact) mass is 224 g/mol. The summed E-state index contributed by atoms with van der Waals surface area (Å²) in [5, 5.41) is 3.07. The highest BCUT2D eigenvalue weighted by molar-refractivity contribution is 5.87. The smallest absolute Gasteiger partial charge is 0.243 e. The molecule has 0 aromatic rings. The third-order valence-electron chi connectivity index (χ3n) is 3.10. The minimum Gasteiger partial charge on any atom is -0.350 e. The molecule has 0 radical (unpaired) electrons. The Kier molecular flexibility index (Phi) is 5.53. The third-order valence-corrected chi connectivity index (χ3v) is 3.10. The van der Waals surface area contributed by atoms with Gasteiger partial charge in [0.2, 0.25) is 5.91 Å². The molecule has 0 aliphatic heterocycles. The van der Waals surface area contributed by atoms with Crippen LogP contribution in [0.2, 0.25) is 0 Å². The normalized spacial score (nSPS) is 26.2. The Morgan fingerprint density at radius 1 is 1.31 bits per heavy atom. The first-order valence-corrected chi connectivity index (χ1v) is 6.19. The summed E-state index contributed by atoms with van der Waals surface area (Å²) in [6.07, 6.45) is 8.31. The molecule has 3 nitrogen and oxygen atoms in total. The van der Waals surface area contributed by atoms with Crippen LogP contribution < -0.4 is 5.32 Å². The van der Waals surface area contributed by atoms with Gasteiger partial charge in [0, 0.05) is 18.7 Å². The summed E-state index contributed by atoms with van der Waals surface area (Å²) in [6, 6.07) is 0.396. The fourth-order valence-electron chi connectivity index (χ4n) is 2.02. The predicted octanol–water partition coefficient (Wildman–Crippen LogP) is 1.80. The summed E-state index contributed by atoms with van der Waals surface area (Å²) >= 11 is 0. The highest BCUT2D eigenvalue weighted by atomic mass is 16.1. The molecule has 1 fully saturated rings. The molecule has 1 N–H and O–H groups in total. The largest absolute Gasteiger partial charge is 0.350 e. The average molecular weight is 224 g/mol. The van der Waals surface area contributed by atoms with E-state index in [1.54, 1.807) is 6.08 Å². The highest BCUT2D eigenvalue weighted by Gasteiger charge is 2.18. The predicted molar refractivity (Wildman–Crippen MR) is 67.3 cm³/mol. The minimum atomic E-state index is 0.0569. The molecule has 1 rings (SSSR count). The van der Waals surface area contributed by atoms with Gasteiger partial charge in [-0.3, -0.25) is 4.79 Å². The molecule has 0 aromatic heterocycles. The van der Waals surface area contributed by atoms with Gasteiger partial charge in [-0.25, -0.2) is 0 Å². The van der Waals surface area contributed by atoms with Crippen LogP contribution in [-0.4, -0.2) is 37.5 Å². The molecule has 0 atom stereocenters. The van der Waals surface area contributed by atoms with Crippen LogP contribution >= 0.6 is 0 Å². The van der Waals surface area contributed by atoms with E-state index in [4.69, 9.17) is 0 Å². The Hall–Kier alpha value is -0.830. The van der Waals surface area contributed by atoms with Crippen molar-refractivity contribution in [3.8, 4) is 0 Å². The van der Waals surface area contributed by atoms with E-state index in [9.17, 15) is 4.79 Å². The third kappa shape index (κ3) is 5.31. The summed E-state index contributed by atoms with van der Waals surface area (Å²) in [7, 11) is 3.98. The van der Waals surface area contributed by atoms with Crippen molar-refractivity contribution >= 4 is 5.91 Å². The fraction of sp³-hybridized carbons (Fsp3) is 0.769. The molecule has 0 aromatic carbocycles. The first-order chi connectivity index (χ1) is 7.58. The maximum absolute atomic E-state index is 11.6. The van der Waals surface area contributed by atoms with Crippen molar-refractivity contribution in [3.05, 3.63) is 12.2 Å². The van der Waals surface area contributed by atoms with Crippen molar-refractivity contribution in [2.45, 2.75) is 38.6 Å². The molecule has 1 saturated carbocycles. The van der Waals surface area contributed by atoms with Gasteiger partial charge in [-0.05, 0) is 45.7 Å². The first-order valence-electron chi connectivity index (χ1n) is 6.19. The SMILES string of the molecule is CC1CCC(NC(=O)/C=C/CN(C)C)CC1. The molecule has 0 unspecified atom stereocenters. The van der Waals surface area contributed by atoms with Gasteiger partial charge in [0.15, 0.2) is 0 Å². The molecule has 16 heavy (non-hydrogen) atoms. The van der Waals surface area contributed by atoms with Crippen LogP contribution in [0.25, 0.3) is 0 Å². The second kappa shape index (κ2) is 6.69. The number of nitrogens with zero attached hydrogens (tertiary/aromatic N) is 1. The Morgan fingerprint density at radius 2 is 1.94 bits per heavy atom. The van der Waals surface area contributed by atoms with Crippen molar-refractivity contribution in [1.82, 2.24) is 10.2 Å².